The summed E-state index contributed by atoms with van der Waals surface area (Å²) in [5.74, 6) is -0.142. The highest BCUT2D eigenvalue weighted by Gasteiger charge is 2.13. The molecule has 0 aromatic heterocycles. The minimum Gasteiger partial charge on any atom is -0.508 e. The van der Waals surface area contributed by atoms with Gasteiger partial charge < -0.3 is 9.84 Å². The van der Waals surface area contributed by atoms with Gasteiger partial charge in [-0.3, -0.25) is 4.79 Å². The molecular formula is C17H28O3. The summed E-state index contributed by atoms with van der Waals surface area (Å²) < 4.78 is 4.64. The lowest BCUT2D eigenvalue weighted by molar-refractivity contribution is -0.144. The van der Waals surface area contributed by atoms with Gasteiger partial charge in [-0.1, -0.05) is 52.2 Å². The Labute approximate surface area is 123 Å². The van der Waals surface area contributed by atoms with Crippen LogP contribution in [-0.2, 0) is 16.0 Å². The van der Waals surface area contributed by atoms with E-state index < -0.39 is 0 Å². The molecule has 0 spiro atoms. The van der Waals surface area contributed by atoms with E-state index in [1.54, 1.807) is 6.07 Å². The van der Waals surface area contributed by atoms with Gasteiger partial charge in [0, 0.05) is 0 Å². The van der Waals surface area contributed by atoms with Crippen LogP contribution in [0.1, 0.15) is 51.2 Å². The molecule has 20 heavy (non-hydrogen) atoms. The molecule has 0 saturated heterocycles. The summed E-state index contributed by atoms with van der Waals surface area (Å²) in [7, 11) is 1.38. The predicted octanol–water partition coefficient (Wildman–Crippen LogP) is 4.25. The predicted molar refractivity (Wildman–Crippen MR) is 82.9 cm³/mol. The third-order valence-electron chi connectivity index (χ3n) is 2.77. The monoisotopic (exact) mass is 280 g/mol. The third kappa shape index (κ3) is 7.82. The van der Waals surface area contributed by atoms with Crippen LogP contribution in [-0.4, -0.2) is 18.2 Å². The molecule has 1 N–H and O–H groups in total. The number of ether oxygens (including phenoxy) is 1. The summed E-state index contributed by atoms with van der Waals surface area (Å²) in [5, 5.41) is 9.49. The highest BCUT2D eigenvalue weighted by Crippen LogP contribution is 2.19. The SMILES string of the molecule is C1CC1.CC.COC(=O)C(C)Cc1ccc(C)c(O)c1. The minimum atomic E-state index is -0.227. The van der Waals surface area contributed by atoms with Crippen LogP contribution in [0.15, 0.2) is 18.2 Å². The standard InChI is InChI=1S/C12H16O3.C3H6.C2H6/c1-8-4-5-10(7-11(8)13)6-9(2)12(14)15-3;1-2-3-1;1-2/h4-5,7,9,13H,6H2,1-3H3;1-3H2;1-2H3. The lowest BCUT2D eigenvalue weighted by Gasteiger charge is -2.09. The quantitative estimate of drug-likeness (QED) is 0.842. The molecule has 1 fully saturated rings. The molecule has 1 aliphatic carbocycles. The van der Waals surface area contributed by atoms with Crippen LogP contribution < -0.4 is 0 Å². The van der Waals surface area contributed by atoms with E-state index in [-0.39, 0.29) is 17.6 Å². The van der Waals surface area contributed by atoms with Crippen LogP contribution in [0.4, 0.5) is 0 Å². The van der Waals surface area contributed by atoms with Crippen molar-refractivity contribution < 1.29 is 14.6 Å². The fourth-order valence-electron chi connectivity index (χ4n) is 1.42. The van der Waals surface area contributed by atoms with E-state index in [4.69, 9.17) is 0 Å². The maximum Gasteiger partial charge on any atom is 0.308 e. The summed E-state index contributed by atoms with van der Waals surface area (Å²) >= 11 is 0. The van der Waals surface area contributed by atoms with E-state index in [1.807, 2.05) is 39.8 Å². The summed E-state index contributed by atoms with van der Waals surface area (Å²) in [4.78, 5) is 11.2. The largest absolute Gasteiger partial charge is 0.508 e. The molecule has 1 aliphatic rings. The number of hydrogen-bond acceptors (Lipinski definition) is 3. The number of rotatable bonds is 3. The normalized spacial score (nSPS) is 13.1. The van der Waals surface area contributed by atoms with Crippen LogP contribution in [0.5, 0.6) is 5.75 Å². The fraction of sp³-hybridized carbons (Fsp3) is 0.588. The summed E-state index contributed by atoms with van der Waals surface area (Å²) in [6.45, 7) is 7.64. The Hall–Kier alpha value is -1.51. The van der Waals surface area contributed by atoms with Crippen LogP contribution in [0.25, 0.3) is 0 Å². The molecule has 114 valence electrons. The Morgan fingerprint density at radius 3 is 2.25 bits per heavy atom. The van der Waals surface area contributed by atoms with E-state index in [9.17, 15) is 9.90 Å². The van der Waals surface area contributed by atoms with Gasteiger partial charge in [-0.25, -0.2) is 0 Å². The van der Waals surface area contributed by atoms with Crippen molar-refractivity contribution in [3.8, 4) is 5.75 Å². The Morgan fingerprint density at radius 1 is 1.30 bits per heavy atom. The van der Waals surface area contributed by atoms with Crippen LogP contribution >= 0.6 is 0 Å². The number of esters is 1. The third-order valence-corrected chi connectivity index (χ3v) is 2.77. The van der Waals surface area contributed by atoms with E-state index in [2.05, 4.69) is 4.74 Å². The highest BCUT2D eigenvalue weighted by atomic mass is 16.5. The second-order valence-corrected chi connectivity index (χ2v) is 4.81. The van der Waals surface area contributed by atoms with Gasteiger partial charge in [-0.15, -0.1) is 0 Å². The molecule has 0 aliphatic heterocycles. The van der Waals surface area contributed by atoms with Crippen molar-refractivity contribution in [3.05, 3.63) is 29.3 Å². The van der Waals surface area contributed by atoms with Gasteiger partial charge in [0.15, 0.2) is 0 Å². The van der Waals surface area contributed by atoms with Crippen molar-refractivity contribution in [2.45, 2.75) is 53.4 Å². The molecule has 0 amide bonds. The van der Waals surface area contributed by atoms with Gasteiger partial charge >= 0.3 is 5.97 Å². The maximum atomic E-state index is 11.2. The van der Waals surface area contributed by atoms with E-state index >= 15 is 0 Å². The van der Waals surface area contributed by atoms with Gasteiger partial charge in [0.1, 0.15) is 5.75 Å². The van der Waals surface area contributed by atoms with Gasteiger partial charge in [0.2, 0.25) is 0 Å². The molecule has 1 aromatic rings. The first kappa shape index (κ1) is 18.5. The van der Waals surface area contributed by atoms with Crippen molar-refractivity contribution in [3.63, 3.8) is 0 Å². The van der Waals surface area contributed by atoms with Crippen LogP contribution in [0, 0.1) is 12.8 Å². The highest BCUT2D eigenvalue weighted by molar-refractivity contribution is 5.72. The van der Waals surface area contributed by atoms with Gasteiger partial charge in [-0.2, -0.15) is 0 Å². The summed E-state index contributed by atoms with van der Waals surface area (Å²) in [5.41, 5.74) is 1.78. The topological polar surface area (TPSA) is 46.5 Å². The first-order valence-electron chi connectivity index (χ1n) is 7.41. The smallest absolute Gasteiger partial charge is 0.308 e. The zero-order valence-corrected chi connectivity index (χ0v) is 13.4. The number of aryl methyl sites for hydroxylation is 1. The second-order valence-electron chi connectivity index (χ2n) is 4.81. The lowest BCUT2D eigenvalue weighted by Crippen LogP contribution is -2.15. The van der Waals surface area contributed by atoms with Crippen molar-refractivity contribution >= 4 is 5.97 Å². The number of phenolic OH excluding ortho intramolecular Hbond substituents is 1. The van der Waals surface area contributed by atoms with Crippen molar-refractivity contribution in [1.29, 1.82) is 0 Å². The van der Waals surface area contributed by atoms with Crippen molar-refractivity contribution in [2.75, 3.05) is 7.11 Å². The molecule has 0 radical (unpaired) electrons. The Balaban J connectivity index is 0.000000614. The molecule has 3 heteroatoms. The van der Waals surface area contributed by atoms with Crippen molar-refractivity contribution in [1.82, 2.24) is 0 Å². The molecule has 0 heterocycles. The zero-order valence-electron chi connectivity index (χ0n) is 13.4. The molecule has 0 bridgehead atoms. The summed E-state index contributed by atoms with van der Waals surface area (Å²) in [6, 6.07) is 5.44. The number of carbonyl (C=O) groups excluding carboxylic acids is 1. The number of benzene rings is 1. The first-order valence-corrected chi connectivity index (χ1v) is 7.41. The second kappa shape index (κ2) is 10.3. The maximum absolute atomic E-state index is 11.2. The Morgan fingerprint density at radius 2 is 1.85 bits per heavy atom. The molecule has 2 rings (SSSR count). The Bertz CT molecular complexity index is 394. The van der Waals surface area contributed by atoms with Crippen LogP contribution in [0.3, 0.4) is 0 Å². The van der Waals surface area contributed by atoms with E-state index in [0.29, 0.717) is 6.42 Å². The first-order chi connectivity index (χ1) is 9.54. The number of carbonyl (C=O) groups is 1. The van der Waals surface area contributed by atoms with Gasteiger partial charge in [0.25, 0.3) is 0 Å². The molecule has 1 atom stereocenters. The van der Waals surface area contributed by atoms with Gasteiger partial charge in [0.05, 0.1) is 13.0 Å². The molecule has 1 unspecified atom stereocenters. The van der Waals surface area contributed by atoms with Crippen molar-refractivity contribution in [2.24, 2.45) is 5.92 Å². The minimum absolute atomic E-state index is 0.183. The number of hydrogen-bond donors (Lipinski definition) is 1. The average molecular weight is 280 g/mol. The molecule has 3 nitrogen and oxygen atoms in total. The number of methoxy groups -OCH3 is 1. The van der Waals surface area contributed by atoms with Gasteiger partial charge in [-0.05, 0) is 30.5 Å². The fourth-order valence-corrected chi connectivity index (χ4v) is 1.42. The van der Waals surface area contributed by atoms with Crippen LogP contribution in [0.2, 0.25) is 0 Å². The van der Waals surface area contributed by atoms with E-state index in [1.165, 1.54) is 26.4 Å². The summed E-state index contributed by atoms with van der Waals surface area (Å²) in [6.07, 6.45) is 5.08. The Kier molecular flexibility index (Phi) is 9.52. The molecule has 1 aromatic carbocycles. The lowest BCUT2D eigenvalue weighted by atomic mass is 10.00. The number of phenols is 1. The number of aromatic hydroxyl groups is 1. The zero-order chi connectivity index (χ0) is 15.5. The molecular weight excluding hydrogens is 252 g/mol. The molecule has 1 saturated carbocycles. The van der Waals surface area contributed by atoms with E-state index in [0.717, 1.165) is 11.1 Å². The average Bonchev–Trinajstić information content (AvgIpc) is 3.32.